The van der Waals surface area contributed by atoms with E-state index in [-0.39, 0.29) is 5.91 Å². The van der Waals surface area contributed by atoms with Crippen molar-refractivity contribution in [1.29, 1.82) is 0 Å². The monoisotopic (exact) mass is 384 g/mol. The number of hydrogen-bond acceptors (Lipinski definition) is 3. The Morgan fingerprint density at radius 2 is 1.85 bits per heavy atom. The van der Waals surface area contributed by atoms with Crippen molar-refractivity contribution in [3.8, 4) is 0 Å². The van der Waals surface area contributed by atoms with E-state index in [9.17, 15) is 4.79 Å². The summed E-state index contributed by atoms with van der Waals surface area (Å²) in [5.41, 5.74) is 2.83. The third-order valence-electron chi connectivity index (χ3n) is 4.75. The van der Waals surface area contributed by atoms with Gasteiger partial charge in [0.25, 0.3) is 0 Å². The summed E-state index contributed by atoms with van der Waals surface area (Å²) in [5.74, 6) is 0.0220. The standard InChI is InChI=1S/C21H25ClN4O/c1-17-19(21(22)24(2)23-17)10-11-20(27)26-15-13-25(14-16-26)12-6-9-18-7-4-3-5-8-18/h3-11H,12-16H2,1-2H3/b9-6+,11-10+. The summed E-state index contributed by atoms with van der Waals surface area (Å²) in [6.45, 7) is 6.02. The quantitative estimate of drug-likeness (QED) is 0.743. The number of aromatic nitrogens is 2. The van der Waals surface area contributed by atoms with Crippen molar-refractivity contribution in [3.05, 3.63) is 64.5 Å². The van der Waals surface area contributed by atoms with Gasteiger partial charge in [0.1, 0.15) is 5.15 Å². The van der Waals surface area contributed by atoms with Gasteiger partial charge in [0.05, 0.1) is 5.69 Å². The van der Waals surface area contributed by atoms with Crippen molar-refractivity contribution in [2.75, 3.05) is 32.7 Å². The number of nitrogens with zero attached hydrogens (tertiary/aromatic N) is 4. The van der Waals surface area contributed by atoms with Crippen LogP contribution >= 0.6 is 11.6 Å². The highest BCUT2D eigenvalue weighted by Crippen LogP contribution is 2.20. The Morgan fingerprint density at radius 1 is 1.15 bits per heavy atom. The van der Waals surface area contributed by atoms with Crippen molar-refractivity contribution < 1.29 is 4.79 Å². The predicted molar refractivity (Wildman–Crippen MR) is 110 cm³/mol. The van der Waals surface area contributed by atoms with Crippen molar-refractivity contribution in [2.45, 2.75) is 6.92 Å². The minimum absolute atomic E-state index is 0.0220. The SMILES string of the molecule is Cc1nn(C)c(Cl)c1/C=C/C(=O)N1CCN(C/C=C/c2ccccc2)CC1. The van der Waals surface area contributed by atoms with Gasteiger partial charge >= 0.3 is 0 Å². The van der Waals surface area contributed by atoms with Crippen LogP contribution in [0.25, 0.3) is 12.2 Å². The first-order chi connectivity index (χ1) is 13.0. The third-order valence-corrected chi connectivity index (χ3v) is 5.19. The molecule has 0 bridgehead atoms. The van der Waals surface area contributed by atoms with Crippen molar-refractivity contribution in [3.63, 3.8) is 0 Å². The fourth-order valence-corrected chi connectivity index (χ4v) is 3.39. The van der Waals surface area contributed by atoms with Crippen LogP contribution < -0.4 is 0 Å². The van der Waals surface area contributed by atoms with Gasteiger partial charge in [-0.3, -0.25) is 14.4 Å². The fraction of sp³-hybridized carbons (Fsp3) is 0.333. The van der Waals surface area contributed by atoms with Gasteiger partial charge < -0.3 is 4.90 Å². The molecule has 1 aliphatic rings. The minimum atomic E-state index is 0.0220. The highest BCUT2D eigenvalue weighted by Gasteiger charge is 2.19. The Balaban J connectivity index is 1.48. The Bertz CT molecular complexity index is 833. The van der Waals surface area contributed by atoms with Gasteiger partial charge in [-0.2, -0.15) is 5.10 Å². The molecule has 2 heterocycles. The van der Waals surface area contributed by atoms with E-state index in [1.807, 2.05) is 30.0 Å². The minimum Gasteiger partial charge on any atom is -0.337 e. The zero-order valence-electron chi connectivity index (χ0n) is 15.8. The molecule has 0 saturated carbocycles. The normalized spacial score (nSPS) is 15.9. The molecule has 0 aliphatic carbocycles. The van der Waals surface area contributed by atoms with Gasteiger partial charge in [-0.1, -0.05) is 54.1 Å². The van der Waals surface area contributed by atoms with Gasteiger partial charge in [0, 0.05) is 51.4 Å². The number of carbonyl (C=O) groups excluding carboxylic acids is 1. The fourth-order valence-electron chi connectivity index (χ4n) is 3.15. The maximum Gasteiger partial charge on any atom is 0.246 e. The van der Waals surface area contributed by atoms with Crippen LogP contribution in [0, 0.1) is 6.92 Å². The Kier molecular flexibility index (Phi) is 6.48. The number of halogens is 1. The second kappa shape index (κ2) is 9.02. The van der Waals surface area contributed by atoms with Gasteiger partial charge in [-0.05, 0) is 18.6 Å². The maximum atomic E-state index is 12.4. The molecule has 1 saturated heterocycles. The molecule has 1 aromatic carbocycles. The molecule has 1 aliphatic heterocycles. The van der Waals surface area contributed by atoms with Gasteiger partial charge in [-0.25, -0.2) is 0 Å². The van der Waals surface area contributed by atoms with E-state index in [0.717, 1.165) is 44.0 Å². The lowest BCUT2D eigenvalue weighted by Gasteiger charge is -2.33. The van der Waals surface area contributed by atoms with Gasteiger partial charge in [-0.15, -0.1) is 0 Å². The van der Waals surface area contributed by atoms with Crippen LogP contribution in [-0.2, 0) is 11.8 Å². The van der Waals surface area contributed by atoms with E-state index in [1.54, 1.807) is 23.9 Å². The maximum absolute atomic E-state index is 12.4. The second-order valence-electron chi connectivity index (χ2n) is 6.69. The lowest BCUT2D eigenvalue weighted by molar-refractivity contribution is -0.127. The summed E-state index contributed by atoms with van der Waals surface area (Å²) in [6.07, 6.45) is 7.68. The second-order valence-corrected chi connectivity index (χ2v) is 7.04. The Hall–Kier alpha value is -2.37. The lowest BCUT2D eigenvalue weighted by atomic mass is 10.2. The van der Waals surface area contributed by atoms with Crippen LogP contribution in [0.2, 0.25) is 5.15 Å². The smallest absolute Gasteiger partial charge is 0.246 e. The first-order valence-corrected chi connectivity index (χ1v) is 9.52. The van der Waals surface area contributed by atoms with Crippen LogP contribution in [0.1, 0.15) is 16.8 Å². The van der Waals surface area contributed by atoms with E-state index >= 15 is 0 Å². The molecular formula is C21H25ClN4O. The summed E-state index contributed by atoms with van der Waals surface area (Å²) in [4.78, 5) is 16.7. The molecule has 27 heavy (non-hydrogen) atoms. The van der Waals surface area contributed by atoms with E-state index in [2.05, 4.69) is 34.3 Å². The molecule has 0 spiro atoms. The van der Waals surface area contributed by atoms with Crippen LogP contribution in [0.15, 0.2) is 42.5 Å². The highest BCUT2D eigenvalue weighted by atomic mass is 35.5. The zero-order chi connectivity index (χ0) is 19.2. The summed E-state index contributed by atoms with van der Waals surface area (Å²) in [7, 11) is 1.79. The average molecular weight is 385 g/mol. The molecule has 5 nitrogen and oxygen atoms in total. The number of benzene rings is 1. The van der Waals surface area contributed by atoms with E-state index in [4.69, 9.17) is 11.6 Å². The molecule has 1 amide bonds. The van der Waals surface area contributed by atoms with Crippen LogP contribution in [-0.4, -0.2) is 58.2 Å². The third kappa shape index (κ3) is 5.08. The Morgan fingerprint density at radius 3 is 2.48 bits per heavy atom. The highest BCUT2D eigenvalue weighted by molar-refractivity contribution is 6.31. The first-order valence-electron chi connectivity index (χ1n) is 9.14. The largest absolute Gasteiger partial charge is 0.337 e. The summed E-state index contributed by atoms with van der Waals surface area (Å²) < 4.78 is 1.61. The summed E-state index contributed by atoms with van der Waals surface area (Å²) in [5, 5.41) is 4.80. The molecule has 2 aromatic rings. The van der Waals surface area contributed by atoms with E-state index in [1.165, 1.54) is 5.56 Å². The molecule has 0 N–H and O–H groups in total. The molecule has 0 atom stereocenters. The molecule has 1 aromatic heterocycles. The Labute approximate surface area is 165 Å². The van der Waals surface area contributed by atoms with Gasteiger partial charge in [0.2, 0.25) is 5.91 Å². The summed E-state index contributed by atoms with van der Waals surface area (Å²) >= 11 is 6.21. The molecule has 6 heteroatoms. The number of hydrogen-bond donors (Lipinski definition) is 0. The number of amides is 1. The predicted octanol–water partition coefficient (Wildman–Crippen LogP) is 3.25. The number of carbonyl (C=O) groups is 1. The number of piperazine rings is 1. The number of rotatable bonds is 5. The molecule has 142 valence electrons. The molecule has 1 fully saturated rings. The van der Waals surface area contributed by atoms with E-state index < -0.39 is 0 Å². The number of aryl methyl sites for hydroxylation is 2. The first kappa shape index (κ1) is 19.4. The molecule has 0 radical (unpaired) electrons. The van der Waals surface area contributed by atoms with Crippen molar-refractivity contribution in [2.24, 2.45) is 7.05 Å². The summed E-state index contributed by atoms with van der Waals surface area (Å²) in [6, 6.07) is 10.3. The van der Waals surface area contributed by atoms with Gasteiger partial charge in [0.15, 0.2) is 0 Å². The van der Waals surface area contributed by atoms with Crippen LogP contribution in [0.5, 0.6) is 0 Å². The average Bonchev–Trinajstić information content (AvgIpc) is 2.93. The molecule has 0 unspecified atom stereocenters. The topological polar surface area (TPSA) is 41.4 Å². The van der Waals surface area contributed by atoms with Crippen LogP contribution in [0.3, 0.4) is 0 Å². The van der Waals surface area contributed by atoms with E-state index in [0.29, 0.717) is 5.15 Å². The molecule has 3 rings (SSSR count). The zero-order valence-corrected chi connectivity index (χ0v) is 16.6. The molecular weight excluding hydrogens is 360 g/mol. The van der Waals surface area contributed by atoms with Crippen molar-refractivity contribution >= 4 is 29.7 Å². The van der Waals surface area contributed by atoms with Crippen LogP contribution in [0.4, 0.5) is 0 Å². The van der Waals surface area contributed by atoms with Crippen molar-refractivity contribution in [1.82, 2.24) is 19.6 Å². The lowest BCUT2D eigenvalue weighted by Crippen LogP contribution is -2.48.